The first-order valence-electron chi connectivity index (χ1n) is 5.32. The molecule has 1 fully saturated rings. The van der Waals surface area contributed by atoms with Crippen LogP contribution in [0.15, 0.2) is 18.2 Å². The quantitative estimate of drug-likeness (QED) is 0.741. The molecule has 1 aliphatic heterocycles. The SMILES string of the molecule is CC(=O)N1CC[C@@](F)(c2cc(F)cc(F)c2)C1. The Morgan fingerprint density at radius 1 is 1.29 bits per heavy atom. The number of nitrogens with zero attached hydrogens (tertiary/aromatic N) is 1. The molecule has 2 rings (SSSR count). The Bertz CT molecular complexity index is 443. The van der Waals surface area contributed by atoms with Gasteiger partial charge in [-0.1, -0.05) is 0 Å². The highest BCUT2D eigenvalue weighted by Gasteiger charge is 2.41. The standard InChI is InChI=1S/C12H12F3NO/c1-8(17)16-3-2-12(15,7-16)9-4-10(13)6-11(14)5-9/h4-6H,2-3,7H2,1H3/t12-/m0/s1. The molecule has 0 bridgehead atoms. The summed E-state index contributed by atoms with van der Waals surface area (Å²) >= 11 is 0. The fraction of sp³-hybridized carbons (Fsp3) is 0.417. The minimum absolute atomic E-state index is 0.0428. The summed E-state index contributed by atoms with van der Waals surface area (Å²) in [4.78, 5) is 12.4. The Labute approximate surface area is 97.0 Å². The molecular weight excluding hydrogens is 231 g/mol. The van der Waals surface area contributed by atoms with Crippen molar-refractivity contribution in [2.75, 3.05) is 13.1 Å². The normalized spacial score (nSPS) is 24.1. The maximum Gasteiger partial charge on any atom is 0.219 e. The highest BCUT2D eigenvalue weighted by molar-refractivity contribution is 5.73. The molecule has 1 saturated heterocycles. The molecule has 0 radical (unpaired) electrons. The predicted molar refractivity (Wildman–Crippen MR) is 56.0 cm³/mol. The van der Waals surface area contributed by atoms with Crippen LogP contribution in [0.5, 0.6) is 0 Å². The third kappa shape index (κ3) is 2.28. The van der Waals surface area contributed by atoms with Crippen LogP contribution in [0, 0.1) is 11.6 Å². The lowest BCUT2D eigenvalue weighted by molar-refractivity contribution is -0.128. The van der Waals surface area contributed by atoms with E-state index in [1.807, 2.05) is 0 Å². The number of hydrogen-bond donors (Lipinski definition) is 0. The Morgan fingerprint density at radius 2 is 1.88 bits per heavy atom. The summed E-state index contributed by atoms with van der Waals surface area (Å²) in [6.07, 6.45) is 0.0650. The lowest BCUT2D eigenvalue weighted by atomic mass is 9.95. The Balaban J connectivity index is 2.30. The van der Waals surface area contributed by atoms with Gasteiger partial charge >= 0.3 is 0 Å². The van der Waals surface area contributed by atoms with Gasteiger partial charge in [0.1, 0.15) is 11.6 Å². The second-order valence-electron chi connectivity index (χ2n) is 4.31. The molecule has 17 heavy (non-hydrogen) atoms. The van der Waals surface area contributed by atoms with Crippen molar-refractivity contribution in [3.63, 3.8) is 0 Å². The maximum absolute atomic E-state index is 14.5. The molecule has 0 unspecified atom stereocenters. The van der Waals surface area contributed by atoms with E-state index in [0.29, 0.717) is 6.07 Å². The van der Waals surface area contributed by atoms with Crippen molar-refractivity contribution in [2.45, 2.75) is 19.0 Å². The van der Waals surface area contributed by atoms with E-state index in [4.69, 9.17) is 0 Å². The fourth-order valence-corrected chi connectivity index (χ4v) is 2.09. The smallest absolute Gasteiger partial charge is 0.219 e. The van der Waals surface area contributed by atoms with E-state index >= 15 is 0 Å². The number of carbonyl (C=O) groups is 1. The second kappa shape index (κ2) is 4.05. The largest absolute Gasteiger partial charge is 0.339 e. The van der Waals surface area contributed by atoms with Crippen LogP contribution in [-0.4, -0.2) is 23.9 Å². The topological polar surface area (TPSA) is 20.3 Å². The molecule has 0 aliphatic carbocycles. The molecule has 2 nitrogen and oxygen atoms in total. The van der Waals surface area contributed by atoms with Gasteiger partial charge in [-0.05, 0) is 17.7 Å². The van der Waals surface area contributed by atoms with Crippen molar-refractivity contribution in [1.82, 2.24) is 4.90 Å². The van der Waals surface area contributed by atoms with Crippen molar-refractivity contribution in [3.05, 3.63) is 35.4 Å². The molecule has 1 heterocycles. The zero-order valence-electron chi connectivity index (χ0n) is 9.34. The first-order chi connectivity index (χ1) is 7.90. The van der Waals surface area contributed by atoms with Crippen molar-refractivity contribution in [3.8, 4) is 0 Å². The number of halogens is 3. The van der Waals surface area contributed by atoms with Crippen molar-refractivity contribution < 1.29 is 18.0 Å². The fourth-order valence-electron chi connectivity index (χ4n) is 2.09. The average molecular weight is 243 g/mol. The summed E-state index contributed by atoms with van der Waals surface area (Å²) in [5, 5.41) is 0. The minimum atomic E-state index is -1.85. The number of amides is 1. The summed E-state index contributed by atoms with van der Waals surface area (Å²) in [5.41, 5.74) is -1.90. The molecular formula is C12H12F3NO. The van der Waals surface area contributed by atoms with Gasteiger partial charge < -0.3 is 4.90 Å². The molecule has 0 saturated carbocycles. The van der Waals surface area contributed by atoms with Crippen LogP contribution in [0.1, 0.15) is 18.9 Å². The summed E-state index contributed by atoms with van der Waals surface area (Å²) in [5.74, 6) is -1.85. The number of carbonyl (C=O) groups excluding carboxylic acids is 1. The Hall–Kier alpha value is -1.52. The van der Waals surface area contributed by atoms with E-state index in [2.05, 4.69) is 0 Å². The van der Waals surface area contributed by atoms with Gasteiger partial charge in [-0.2, -0.15) is 0 Å². The Kier molecular flexibility index (Phi) is 2.85. The summed E-state index contributed by atoms with van der Waals surface area (Å²) in [6, 6.07) is 2.66. The summed E-state index contributed by atoms with van der Waals surface area (Å²) in [6.45, 7) is 1.47. The number of alkyl halides is 1. The minimum Gasteiger partial charge on any atom is -0.339 e. The van der Waals surface area contributed by atoms with E-state index < -0.39 is 17.3 Å². The van der Waals surface area contributed by atoms with Crippen LogP contribution in [0.25, 0.3) is 0 Å². The van der Waals surface area contributed by atoms with Crippen LogP contribution in [0.4, 0.5) is 13.2 Å². The zero-order valence-corrected chi connectivity index (χ0v) is 9.34. The third-order valence-electron chi connectivity index (χ3n) is 3.04. The van der Waals surface area contributed by atoms with Gasteiger partial charge in [-0.15, -0.1) is 0 Å². The molecule has 1 aliphatic rings. The first-order valence-corrected chi connectivity index (χ1v) is 5.32. The third-order valence-corrected chi connectivity index (χ3v) is 3.04. The molecule has 0 N–H and O–H groups in total. The van der Waals surface area contributed by atoms with Gasteiger partial charge in [-0.3, -0.25) is 4.79 Å². The van der Waals surface area contributed by atoms with E-state index in [9.17, 15) is 18.0 Å². The van der Waals surface area contributed by atoms with Gasteiger partial charge in [0, 0.05) is 26.0 Å². The molecule has 0 aromatic heterocycles. The lowest BCUT2D eigenvalue weighted by Gasteiger charge is -2.20. The van der Waals surface area contributed by atoms with E-state index in [0.717, 1.165) is 12.1 Å². The van der Waals surface area contributed by atoms with Gasteiger partial charge in [-0.25, -0.2) is 13.2 Å². The molecule has 1 aromatic rings. The van der Waals surface area contributed by atoms with Crippen LogP contribution >= 0.6 is 0 Å². The molecule has 0 spiro atoms. The van der Waals surface area contributed by atoms with Gasteiger partial charge in [0.2, 0.25) is 5.91 Å². The van der Waals surface area contributed by atoms with Gasteiger partial charge in [0.15, 0.2) is 5.67 Å². The van der Waals surface area contributed by atoms with Crippen LogP contribution < -0.4 is 0 Å². The van der Waals surface area contributed by atoms with E-state index in [1.54, 1.807) is 0 Å². The number of benzene rings is 1. The van der Waals surface area contributed by atoms with Gasteiger partial charge in [0.25, 0.3) is 0 Å². The number of likely N-dealkylation sites (tertiary alicyclic amines) is 1. The van der Waals surface area contributed by atoms with E-state index in [1.165, 1.54) is 11.8 Å². The molecule has 92 valence electrons. The first kappa shape index (κ1) is 12.0. The number of hydrogen-bond acceptors (Lipinski definition) is 1. The maximum atomic E-state index is 14.5. The molecule has 5 heteroatoms. The van der Waals surface area contributed by atoms with Gasteiger partial charge in [0.05, 0.1) is 6.54 Å². The van der Waals surface area contributed by atoms with Crippen molar-refractivity contribution >= 4 is 5.91 Å². The molecule has 1 atom stereocenters. The predicted octanol–water partition coefficient (Wildman–Crippen LogP) is 2.38. The average Bonchev–Trinajstić information content (AvgIpc) is 2.61. The summed E-state index contributed by atoms with van der Waals surface area (Å²) < 4.78 is 40.5. The molecule has 1 amide bonds. The Morgan fingerprint density at radius 3 is 2.35 bits per heavy atom. The monoisotopic (exact) mass is 243 g/mol. The number of rotatable bonds is 1. The van der Waals surface area contributed by atoms with Crippen molar-refractivity contribution in [2.24, 2.45) is 0 Å². The second-order valence-corrected chi connectivity index (χ2v) is 4.31. The molecule has 1 aromatic carbocycles. The van der Waals surface area contributed by atoms with Crippen LogP contribution in [0.2, 0.25) is 0 Å². The van der Waals surface area contributed by atoms with Crippen LogP contribution in [-0.2, 0) is 10.5 Å². The van der Waals surface area contributed by atoms with Crippen molar-refractivity contribution in [1.29, 1.82) is 0 Å². The van der Waals surface area contributed by atoms with Crippen LogP contribution in [0.3, 0.4) is 0 Å². The highest BCUT2D eigenvalue weighted by Crippen LogP contribution is 2.36. The highest BCUT2D eigenvalue weighted by atomic mass is 19.1. The lowest BCUT2D eigenvalue weighted by Crippen LogP contribution is -2.30. The van der Waals surface area contributed by atoms with E-state index in [-0.39, 0.29) is 31.0 Å². The zero-order chi connectivity index (χ0) is 12.6. The summed E-state index contributed by atoms with van der Waals surface area (Å²) in [7, 11) is 0.